The van der Waals surface area contributed by atoms with Gasteiger partial charge in [-0.1, -0.05) is 61.5 Å². The van der Waals surface area contributed by atoms with Crippen LogP contribution in [0.4, 0.5) is 15.9 Å². The molecule has 6 nitrogen and oxygen atoms in total. The summed E-state index contributed by atoms with van der Waals surface area (Å²) < 4.78 is 13.5. The number of benzene rings is 2. The van der Waals surface area contributed by atoms with Crippen LogP contribution in [0.1, 0.15) is 48.4 Å². The van der Waals surface area contributed by atoms with Crippen molar-refractivity contribution < 1.29 is 14.3 Å². The van der Waals surface area contributed by atoms with Crippen LogP contribution in [0, 0.1) is 5.82 Å². The van der Waals surface area contributed by atoms with Crippen molar-refractivity contribution in [3.8, 4) is 0 Å². The number of aromatic nitrogens is 1. The van der Waals surface area contributed by atoms with Gasteiger partial charge in [0.25, 0.3) is 0 Å². The van der Waals surface area contributed by atoms with Crippen LogP contribution in [0.15, 0.2) is 66.9 Å². The Balaban J connectivity index is 1.51. The van der Waals surface area contributed by atoms with E-state index in [1.54, 1.807) is 6.92 Å². The van der Waals surface area contributed by atoms with E-state index in [9.17, 15) is 14.3 Å². The first-order chi connectivity index (χ1) is 15.9. The van der Waals surface area contributed by atoms with E-state index < -0.39 is 11.9 Å². The molecule has 4 atom stereocenters. The highest BCUT2D eigenvalue weighted by Gasteiger charge is 2.28. The molecule has 172 valence electrons. The first kappa shape index (κ1) is 22.7. The number of hydrogen-bond acceptors (Lipinski definition) is 5. The van der Waals surface area contributed by atoms with Gasteiger partial charge in [-0.25, -0.2) is 9.37 Å². The van der Waals surface area contributed by atoms with Crippen LogP contribution in [0.3, 0.4) is 0 Å². The predicted octanol–water partition coefficient (Wildman–Crippen LogP) is 4.75. The van der Waals surface area contributed by atoms with Crippen LogP contribution in [-0.4, -0.2) is 35.2 Å². The number of rotatable bonds is 8. The molecule has 0 spiro atoms. The predicted molar refractivity (Wildman–Crippen MR) is 128 cm³/mol. The third kappa shape index (κ3) is 5.31. The number of nitrogens with one attached hydrogen (secondary N) is 3. The van der Waals surface area contributed by atoms with E-state index in [0.29, 0.717) is 24.6 Å². The minimum atomic E-state index is -0.827. The number of pyridine rings is 1. The van der Waals surface area contributed by atoms with Crippen molar-refractivity contribution in [2.75, 3.05) is 23.7 Å². The van der Waals surface area contributed by atoms with E-state index in [1.807, 2.05) is 42.5 Å². The second kappa shape index (κ2) is 10.0. The molecule has 0 radical (unpaired) electrons. The smallest absolute Gasteiger partial charge is 0.310 e. The molecule has 0 fully saturated rings. The fourth-order valence-electron chi connectivity index (χ4n) is 4.19. The van der Waals surface area contributed by atoms with Gasteiger partial charge in [-0.05, 0) is 29.5 Å². The summed E-state index contributed by atoms with van der Waals surface area (Å²) in [7, 11) is 0. The number of hydrogen-bond donors (Lipinski definition) is 4. The minimum Gasteiger partial charge on any atom is -0.481 e. The fourth-order valence-corrected chi connectivity index (χ4v) is 4.19. The van der Waals surface area contributed by atoms with E-state index in [0.717, 1.165) is 16.7 Å². The van der Waals surface area contributed by atoms with Crippen molar-refractivity contribution in [1.29, 1.82) is 0 Å². The van der Waals surface area contributed by atoms with Gasteiger partial charge in [-0.3, -0.25) is 4.79 Å². The van der Waals surface area contributed by atoms with E-state index in [2.05, 4.69) is 40.0 Å². The molecule has 0 aliphatic carbocycles. The molecule has 0 bridgehead atoms. The number of carboxylic acid groups (broad SMARTS) is 1. The topological polar surface area (TPSA) is 86.3 Å². The van der Waals surface area contributed by atoms with E-state index in [4.69, 9.17) is 0 Å². The first-order valence-corrected chi connectivity index (χ1v) is 11.2. The second-order valence-corrected chi connectivity index (χ2v) is 8.61. The van der Waals surface area contributed by atoms with Gasteiger partial charge in [-0.15, -0.1) is 0 Å². The summed E-state index contributed by atoms with van der Waals surface area (Å²) in [5, 5.41) is 19.8. The first-order valence-electron chi connectivity index (χ1n) is 11.2. The van der Waals surface area contributed by atoms with Crippen molar-refractivity contribution in [3.05, 3.63) is 89.4 Å². The Bertz CT molecular complexity index is 1110. The van der Waals surface area contributed by atoms with Crippen molar-refractivity contribution in [1.82, 2.24) is 10.3 Å². The standard InChI is InChI=1S/C26H29FN4O2/c1-16(19-9-6-10-20(11-19)17(2)26(32)33)13-29-24(18-7-4-3-5-8-18)23-15-28-22-12-21(27)14-30-25(22)31-23/h3-12,14,16-17,23-24,28-29H,13,15H2,1-2H3,(H,30,31)(H,32,33)/t16-,17-,23-,24-/m1/s1. The molecule has 0 saturated carbocycles. The Hall–Kier alpha value is -3.45. The van der Waals surface area contributed by atoms with Crippen molar-refractivity contribution in [2.45, 2.75) is 37.8 Å². The van der Waals surface area contributed by atoms with E-state index in [1.165, 1.54) is 12.3 Å². The zero-order valence-corrected chi connectivity index (χ0v) is 18.8. The van der Waals surface area contributed by atoms with Gasteiger partial charge in [0.1, 0.15) is 11.6 Å². The van der Waals surface area contributed by atoms with Crippen molar-refractivity contribution in [3.63, 3.8) is 0 Å². The van der Waals surface area contributed by atoms with Crippen LogP contribution < -0.4 is 16.0 Å². The number of carbonyl (C=O) groups is 1. The molecule has 2 aromatic carbocycles. The monoisotopic (exact) mass is 448 g/mol. The van der Waals surface area contributed by atoms with Gasteiger partial charge in [0.2, 0.25) is 0 Å². The number of nitrogens with zero attached hydrogens (tertiary/aromatic N) is 1. The molecule has 3 aromatic rings. The van der Waals surface area contributed by atoms with Gasteiger partial charge in [-0.2, -0.15) is 0 Å². The van der Waals surface area contributed by atoms with Crippen LogP contribution >= 0.6 is 0 Å². The maximum absolute atomic E-state index is 13.5. The molecule has 4 rings (SSSR count). The van der Waals surface area contributed by atoms with Crippen LogP contribution in [0.2, 0.25) is 0 Å². The maximum atomic E-state index is 13.5. The summed E-state index contributed by atoms with van der Waals surface area (Å²) in [6.07, 6.45) is 1.22. The number of aliphatic carboxylic acids is 1. The zero-order valence-electron chi connectivity index (χ0n) is 18.8. The Labute approximate surface area is 193 Å². The van der Waals surface area contributed by atoms with Crippen LogP contribution in [-0.2, 0) is 4.79 Å². The van der Waals surface area contributed by atoms with Crippen molar-refractivity contribution in [2.24, 2.45) is 0 Å². The molecule has 1 aliphatic heterocycles. The Morgan fingerprint density at radius 3 is 2.61 bits per heavy atom. The highest BCUT2D eigenvalue weighted by atomic mass is 19.1. The normalized spacial score (nSPS) is 17.7. The molecule has 0 unspecified atom stereocenters. The lowest BCUT2D eigenvalue weighted by molar-refractivity contribution is -0.138. The lowest BCUT2D eigenvalue weighted by atomic mass is 9.93. The summed E-state index contributed by atoms with van der Waals surface area (Å²) in [6, 6.07) is 19.4. The molecule has 2 heterocycles. The summed E-state index contributed by atoms with van der Waals surface area (Å²) >= 11 is 0. The molecule has 0 amide bonds. The number of fused-ring (bicyclic) bond motifs is 1. The highest BCUT2D eigenvalue weighted by Crippen LogP contribution is 2.30. The number of halogens is 1. The van der Waals surface area contributed by atoms with E-state index >= 15 is 0 Å². The molecular formula is C26H29FN4O2. The summed E-state index contributed by atoms with van der Waals surface area (Å²) in [6.45, 7) is 5.15. The SMILES string of the molecule is C[C@H](CN[C@H](c1ccccc1)[C@H]1CNc2cc(F)cnc2N1)c1cccc([C@@H](C)C(=O)O)c1. The van der Waals surface area contributed by atoms with Gasteiger partial charge >= 0.3 is 5.97 Å². The lowest BCUT2D eigenvalue weighted by Crippen LogP contribution is -2.45. The van der Waals surface area contributed by atoms with Gasteiger partial charge in [0, 0.05) is 19.2 Å². The summed E-state index contributed by atoms with van der Waals surface area (Å²) in [5.41, 5.74) is 3.70. The Kier molecular flexibility index (Phi) is 6.89. The minimum absolute atomic E-state index is 0.00317. The lowest BCUT2D eigenvalue weighted by Gasteiger charge is -2.35. The van der Waals surface area contributed by atoms with Gasteiger partial charge in [0.15, 0.2) is 0 Å². The average Bonchev–Trinajstić information content (AvgIpc) is 2.84. The third-order valence-corrected chi connectivity index (χ3v) is 6.24. The number of carboxylic acids is 1. The highest BCUT2D eigenvalue weighted by molar-refractivity contribution is 5.75. The van der Waals surface area contributed by atoms with Crippen LogP contribution in [0.5, 0.6) is 0 Å². The maximum Gasteiger partial charge on any atom is 0.310 e. The molecule has 1 aromatic heterocycles. The summed E-state index contributed by atoms with van der Waals surface area (Å²) in [5.74, 6) is -0.927. The van der Waals surface area contributed by atoms with Crippen LogP contribution in [0.25, 0.3) is 0 Å². The summed E-state index contributed by atoms with van der Waals surface area (Å²) in [4.78, 5) is 15.6. The van der Waals surface area contributed by atoms with Gasteiger partial charge in [0.05, 0.1) is 29.9 Å². The van der Waals surface area contributed by atoms with Crippen molar-refractivity contribution >= 4 is 17.5 Å². The quantitative estimate of drug-likeness (QED) is 0.398. The molecule has 4 N–H and O–H groups in total. The fraction of sp³-hybridized carbons (Fsp3) is 0.308. The average molecular weight is 449 g/mol. The molecule has 33 heavy (non-hydrogen) atoms. The Morgan fingerprint density at radius 1 is 1.12 bits per heavy atom. The Morgan fingerprint density at radius 2 is 1.85 bits per heavy atom. The molecule has 0 saturated heterocycles. The molecular weight excluding hydrogens is 419 g/mol. The number of anilines is 2. The van der Waals surface area contributed by atoms with E-state index in [-0.39, 0.29) is 23.8 Å². The van der Waals surface area contributed by atoms with Gasteiger partial charge < -0.3 is 21.1 Å². The third-order valence-electron chi connectivity index (χ3n) is 6.24. The molecule has 7 heteroatoms. The largest absolute Gasteiger partial charge is 0.481 e. The molecule has 1 aliphatic rings. The zero-order chi connectivity index (χ0) is 23.4. The second-order valence-electron chi connectivity index (χ2n) is 8.61.